The molecule has 0 unspecified atom stereocenters. The number of carbonyl (C=O) groups excluding carboxylic acids is 3. The van der Waals surface area contributed by atoms with Crippen molar-refractivity contribution in [1.29, 1.82) is 0 Å². The zero-order chi connectivity index (χ0) is 36.6. The summed E-state index contributed by atoms with van der Waals surface area (Å²) in [7, 11) is 0. The van der Waals surface area contributed by atoms with Crippen LogP contribution in [0.3, 0.4) is 0 Å². The third-order valence-corrected chi connectivity index (χ3v) is 9.86. The molecule has 296 valence electrons. The Bertz CT molecular complexity index is 738. The molecule has 0 rings (SSSR count). The van der Waals surface area contributed by atoms with E-state index in [0.717, 1.165) is 64.2 Å². The summed E-state index contributed by atoms with van der Waals surface area (Å²) in [6, 6.07) is 0. The van der Waals surface area contributed by atoms with E-state index < -0.39 is 6.10 Å². The minimum atomic E-state index is -0.756. The topological polar surface area (TPSA) is 78.9 Å². The molecule has 0 amide bonds. The van der Waals surface area contributed by atoms with Gasteiger partial charge in [0.1, 0.15) is 13.2 Å². The summed E-state index contributed by atoms with van der Waals surface area (Å²) in [6.45, 7) is 6.56. The lowest BCUT2D eigenvalue weighted by molar-refractivity contribution is -0.167. The highest BCUT2D eigenvalue weighted by atomic mass is 16.6. The summed E-state index contributed by atoms with van der Waals surface area (Å²) in [5, 5.41) is 0. The Morgan fingerprint density at radius 2 is 0.540 bits per heavy atom. The van der Waals surface area contributed by atoms with Gasteiger partial charge in [-0.1, -0.05) is 207 Å². The Hall–Kier alpha value is -1.59. The van der Waals surface area contributed by atoms with Crippen LogP contribution in [-0.4, -0.2) is 37.2 Å². The van der Waals surface area contributed by atoms with Crippen molar-refractivity contribution in [2.45, 2.75) is 252 Å². The van der Waals surface area contributed by atoms with Crippen LogP contribution in [0.4, 0.5) is 0 Å². The highest BCUT2D eigenvalue weighted by Gasteiger charge is 2.19. The first-order valence-corrected chi connectivity index (χ1v) is 22.0. The Labute approximate surface area is 310 Å². The van der Waals surface area contributed by atoms with Gasteiger partial charge in [0, 0.05) is 19.3 Å². The lowest BCUT2D eigenvalue weighted by Crippen LogP contribution is -2.30. The summed E-state index contributed by atoms with van der Waals surface area (Å²) in [5.74, 6) is -0.869. The van der Waals surface area contributed by atoms with Crippen LogP contribution in [0.2, 0.25) is 0 Å². The van der Waals surface area contributed by atoms with Gasteiger partial charge in [-0.25, -0.2) is 0 Å². The molecule has 50 heavy (non-hydrogen) atoms. The quantitative estimate of drug-likeness (QED) is 0.0358. The van der Waals surface area contributed by atoms with Crippen LogP contribution >= 0.6 is 0 Å². The second kappa shape index (κ2) is 40.2. The molecule has 0 spiro atoms. The van der Waals surface area contributed by atoms with Crippen LogP contribution in [0.5, 0.6) is 0 Å². The molecule has 0 N–H and O–H groups in total. The molecule has 6 heteroatoms. The maximum Gasteiger partial charge on any atom is 0.306 e. The van der Waals surface area contributed by atoms with E-state index in [2.05, 4.69) is 20.8 Å². The van der Waals surface area contributed by atoms with E-state index >= 15 is 0 Å². The van der Waals surface area contributed by atoms with Crippen LogP contribution < -0.4 is 0 Å². The maximum atomic E-state index is 12.6. The van der Waals surface area contributed by atoms with Crippen LogP contribution in [0.1, 0.15) is 245 Å². The molecule has 0 aromatic carbocycles. The molecular formula is C44H84O6. The van der Waals surface area contributed by atoms with Crippen LogP contribution in [0, 0.1) is 0 Å². The Morgan fingerprint density at radius 3 is 0.800 bits per heavy atom. The van der Waals surface area contributed by atoms with Crippen molar-refractivity contribution in [1.82, 2.24) is 0 Å². The number of unbranched alkanes of at least 4 members (excludes halogenated alkanes) is 29. The molecular weight excluding hydrogens is 624 g/mol. The normalized spacial score (nSPS) is 11.8. The van der Waals surface area contributed by atoms with Crippen LogP contribution in [0.15, 0.2) is 0 Å². The number of hydrogen-bond donors (Lipinski definition) is 0. The SMILES string of the molecule is CCCCCCCCCCCCCCCCCCC(=O)OC[C@@H](COC(=O)CCCCCCC)OC(=O)CCCCCCCCCCCCC. The summed E-state index contributed by atoms with van der Waals surface area (Å²) < 4.78 is 16.6. The zero-order valence-electron chi connectivity index (χ0n) is 33.7. The van der Waals surface area contributed by atoms with Gasteiger partial charge < -0.3 is 14.2 Å². The molecule has 1 atom stereocenters. The van der Waals surface area contributed by atoms with Gasteiger partial charge in [0.15, 0.2) is 6.10 Å². The van der Waals surface area contributed by atoms with Crippen molar-refractivity contribution in [2.24, 2.45) is 0 Å². The second-order valence-corrected chi connectivity index (χ2v) is 15.0. The first-order chi connectivity index (χ1) is 24.5. The van der Waals surface area contributed by atoms with Crippen molar-refractivity contribution in [3.05, 3.63) is 0 Å². The number of carbonyl (C=O) groups is 3. The monoisotopic (exact) mass is 709 g/mol. The molecule has 0 radical (unpaired) electrons. The van der Waals surface area contributed by atoms with Gasteiger partial charge in [-0.15, -0.1) is 0 Å². The molecule has 0 aliphatic carbocycles. The summed E-state index contributed by atoms with van der Waals surface area (Å²) in [4.78, 5) is 37.4. The smallest absolute Gasteiger partial charge is 0.306 e. The fourth-order valence-corrected chi connectivity index (χ4v) is 6.50. The van der Waals surface area contributed by atoms with Crippen LogP contribution in [-0.2, 0) is 28.6 Å². The zero-order valence-corrected chi connectivity index (χ0v) is 33.7. The minimum Gasteiger partial charge on any atom is -0.462 e. The fraction of sp³-hybridized carbons (Fsp3) is 0.932. The van der Waals surface area contributed by atoms with Gasteiger partial charge in [-0.05, 0) is 19.3 Å². The molecule has 0 fully saturated rings. The molecule has 6 nitrogen and oxygen atoms in total. The summed E-state index contributed by atoms with van der Waals surface area (Å²) in [6.07, 6.45) is 39.7. The van der Waals surface area contributed by atoms with Crippen LogP contribution in [0.25, 0.3) is 0 Å². The first-order valence-electron chi connectivity index (χ1n) is 22.0. The third kappa shape index (κ3) is 37.7. The largest absolute Gasteiger partial charge is 0.462 e. The van der Waals surface area contributed by atoms with E-state index in [1.165, 1.54) is 141 Å². The highest BCUT2D eigenvalue weighted by molar-refractivity contribution is 5.71. The molecule has 0 heterocycles. The van der Waals surface area contributed by atoms with Gasteiger partial charge in [-0.3, -0.25) is 14.4 Å². The second-order valence-electron chi connectivity index (χ2n) is 15.0. The highest BCUT2D eigenvalue weighted by Crippen LogP contribution is 2.16. The van der Waals surface area contributed by atoms with E-state index in [-0.39, 0.29) is 31.1 Å². The van der Waals surface area contributed by atoms with Crippen molar-refractivity contribution in [3.8, 4) is 0 Å². The molecule has 0 saturated heterocycles. The minimum absolute atomic E-state index is 0.0640. The Morgan fingerprint density at radius 1 is 0.320 bits per heavy atom. The van der Waals surface area contributed by atoms with E-state index in [1.54, 1.807) is 0 Å². The number of hydrogen-bond acceptors (Lipinski definition) is 6. The summed E-state index contributed by atoms with van der Waals surface area (Å²) >= 11 is 0. The number of esters is 3. The van der Waals surface area contributed by atoms with E-state index in [0.29, 0.717) is 19.3 Å². The van der Waals surface area contributed by atoms with E-state index in [9.17, 15) is 14.4 Å². The van der Waals surface area contributed by atoms with Crippen molar-refractivity contribution in [3.63, 3.8) is 0 Å². The molecule has 0 aromatic rings. The van der Waals surface area contributed by atoms with Gasteiger partial charge in [0.2, 0.25) is 0 Å². The summed E-state index contributed by atoms with van der Waals surface area (Å²) in [5.41, 5.74) is 0. The van der Waals surface area contributed by atoms with Gasteiger partial charge in [0.05, 0.1) is 0 Å². The standard InChI is InChI=1S/C44H84O6/c1-4-7-10-13-15-17-19-20-21-22-23-25-26-28-31-34-37-43(46)49-40-41(39-48-42(45)36-33-30-12-9-6-3)50-44(47)38-35-32-29-27-24-18-16-14-11-8-5-2/h41H,4-40H2,1-3H3/t41-/m1/s1. The lowest BCUT2D eigenvalue weighted by atomic mass is 10.0. The molecule has 0 saturated carbocycles. The van der Waals surface area contributed by atoms with Gasteiger partial charge in [0.25, 0.3) is 0 Å². The van der Waals surface area contributed by atoms with Crippen molar-refractivity contribution in [2.75, 3.05) is 13.2 Å². The number of ether oxygens (including phenoxy) is 3. The lowest BCUT2D eigenvalue weighted by Gasteiger charge is -2.18. The fourth-order valence-electron chi connectivity index (χ4n) is 6.50. The van der Waals surface area contributed by atoms with Gasteiger partial charge in [-0.2, -0.15) is 0 Å². The third-order valence-electron chi connectivity index (χ3n) is 9.86. The predicted molar refractivity (Wildman–Crippen MR) is 210 cm³/mol. The van der Waals surface area contributed by atoms with Gasteiger partial charge >= 0.3 is 17.9 Å². The van der Waals surface area contributed by atoms with Crippen molar-refractivity contribution >= 4 is 17.9 Å². The first kappa shape index (κ1) is 48.4. The Kier molecular flexibility index (Phi) is 38.9. The molecule has 0 bridgehead atoms. The molecule has 0 aliphatic rings. The van der Waals surface area contributed by atoms with Crippen molar-refractivity contribution < 1.29 is 28.6 Å². The average molecular weight is 709 g/mol. The average Bonchev–Trinajstić information content (AvgIpc) is 3.11. The van der Waals surface area contributed by atoms with E-state index in [4.69, 9.17) is 14.2 Å². The molecule has 0 aromatic heterocycles. The maximum absolute atomic E-state index is 12.6. The van der Waals surface area contributed by atoms with E-state index in [1.807, 2.05) is 0 Å². The predicted octanol–water partition coefficient (Wildman–Crippen LogP) is 13.7. The Balaban J connectivity index is 4.16. The molecule has 0 aliphatic heterocycles. The number of rotatable bonds is 40.